The molecule has 2 heterocycles. The molecule has 1 atom stereocenters. The van der Waals surface area contributed by atoms with Gasteiger partial charge in [-0.3, -0.25) is 4.79 Å². The zero-order valence-corrected chi connectivity index (χ0v) is 8.32. The highest BCUT2D eigenvalue weighted by Crippen LogP contribution is 2.22. The van der Waals surface area contributed by atoms with E-state index in [0.29, 0.717) is 26.1 Å². The maximum absolute atomic E-state index is 11.4. The highest BCUT2D eigenvalue weighted by molar-refractivity contribution is 5.80. The number of nitrogens with zero attached hydrogens (tertiary/aromatic N) is 2. The molecule has 2 saturated heterocycles. The van der Waals surface area contributed by atoms with Crippen molar-refractivity contribution in [3.05, 3.63) is 0 Å². The van der Waals surface area contributed by atoms with Crippen LogP contribution < -0.4 is 5.32 Å². The first-order chi connectivity index (χ1) is 6.72. The van der Waals surface area contributed by atoms with Crippen LogP contribution in [0.15, 0.2) is 0 Å². The van der Waals surface area contributed by atoms with Crippen molar-refractivity contribution in [2.75, 3.05) is 26.7 Å². The number of rotatable bonds is 0. The summed E-state index contributed by atoms with van der Waals surface area (Å²) >= 11 is 0. The van der Waals surface area contributed by atoms with Crippen LogP contribution in [0.4, 0.5) is 4.79 Å². The first kappa shape index (κ1) is 9.30. The Balaban J connectivity index is 1.99. The minimum Gasteiger partial charge on any atom is -0.341 e. The van der Waals surface area contributed by atoms with Gasteiger partial charge in [0, 0.05) is 39.1 Å². The highest BCUT2D eigenvalue weighted by Gasteiger charge is 2.36. The minimum atomic E-state index is -0.0380. The molecule has 1 N–H and O–H groups in total. The van der Waals surface area contributed by atoms with E-state index in [1.165, 1.54) is 0 Å². The molecule has 5 heteroatoms. The Bertz CT molecular complexity index is 267. The van der Waals surface area contributed by atoms with Crippen LogP contribution in [0.25, 0.3) is 0 Å². The van der Waals surface area contributed by atoms with Crippen molar-refractivity contribution in [2.45, 2.75) is 18.9 Å². The summed E-state index contributed by atoms with van der Waals surface area (Å²) in [6.45, 7) is 2.03. The van der Waals surface area contributed by atoms with Gasteiger partial charge in [0.1, 0.15) is 0 Å². The van der Waals surface area contributed by atoms with E-state index in [4.69, 9.17) is 0 Å². The van der Waals surface area contributed by atoms with E-state index in [1.54, 1.807) is 11.9 Å². The third kappa shape index (κ3) is 1.42. The lowest BCUT2D eigenvalue weighted by molar-refractivity contribution is -0.130. The number of urea groups is 1. The van der Waals surface area contributed by atoms with Gasteiger partial charge in [-0.15, -0.1) is 0 Å². The van der Waals surface area contributed by atoms with Crippen LogP contribution in [0.2, 0.25) is 0 Å². The quantitative estimate of drug-likeness (QED) is 0.576. The van der Waals surface area contributed by atoms with Crippen LogP contribution in [0.5, 0.6) is 0 Å². The lowest BCUT2D eigenvalue weighted by atomic mass is 10.2. The molecule has 0 aromatic heterocycles. The molecule has 2 aliphatic rings. The number of carbonyl (C=O) groups excluding carboxylic acids is 2. The minimum absolute atomic E-state index is 0.0380. The largest absolute Gasteiger partial charge is 0.341 e. The molecule has 2 aliphatic heterocycles. The van der Waals surface area contributed by atoms with Crippen molar-refractivity contribution < 1.29 is 9.59 Å². The highest BCUT2D eigenvalue weighted by atomic mass is 16.2. The van der Waals surface area contributed by atoms with Crippen LogP contribution in [0, 0.1) is 0 Å². The summed E-state index contributed by atoms with van der Waals surface area (Å²) in [6, 6.07) is 0.220. The van der Waals surface area contributed by atoms with Crippen LogP contribution >= 0.6 is 0 Å². The third-order valence-corrected chi connectivity index (χ3v) is 3.00. The second-order valence-electron chi connectivity index (χ2n) is 3.78. The summed E-state index contributed by atoms with van der Waals surface area (Å²) in [4.78, 5) is 26.4. The van der Waals surface area contributed by atoms with E-state index in [0.717, 1.165) is 6.42 Å². The Kier molecular flexibility index (Phi) is 2.31. The number of nitrogens with one attached hydrogen (secondary N) is 1. The van der Waals surface area contributed by atoms with Crippen molar-refractivity contribution in [3.8, 4) is 0 Å². The Morgan fingerprint density at radius 3 is 3.00 bits per heavy atom. The number of fused-ring (bicyclic) bond motifs is 1. The molecule has 14 heavy (non-hydrogen) atoms. The number of carbonyl (C=O) groups is 2. The molecule has 2 fully saturated rings. The summed E-state index contributed by atoms with van der Waals surface area (Å²) < 4.78 is 0. The third-order valence-electron chi connectivity index (χ3n) is 3.00. The maximum Gasteiger partial charge on any atom is 0.317 e. The van der Waals surface area contributed by atoms with Gasteiger partial charge in [0.2, 0.25) is 5.91 Å². The van der Waals surface area contributed by atoms with Gasteiger partial charge in [0.25, 0.3) is 0 Å². The van der Waals surface area contributed by atoms with Crippen LogP contribution in [-0.2, 0) is 4.79 Å². The smallest absolute Gasteiger partial charge is 0.317 e. The fourth-order valence-electron chi connectivity index (χ4n) is 2.21. The Labute approximate surface area is 83.0 Å². The second-order valence-corrected chi connectivity index (χ2v) is 3.78. The van der Waals surface area contributed by atoms with Gasteiger partial charge in [-0.05, 0) is 6.42 Å². The van der Waals surface area contributed by atoms with Gasteiger partial charge in [0.05, 0.1) is 0 Å². The van der Waals surface area contributed by atoms with Gasteiger partial charge < -0.3 is 15.1 Å². The van der Waals surface area contributed by atoms with Crippen molar-refractivity contribution in [2.24, 2.45) is 0 Å². The molecule has 1 unspecified atom stereocenters. The van der Waals surface area contributed by atoms with Crippen LogP contribution in [0.1, 0.15) is 12.8 Å². The molecule has 0 aromatic rings. The SMILES string of the molecule is CNC(=O)N1CCN2C(=O)CCC2C1. The number of hydrogen-bond donors (Lipinski definition) is 1. The molecule has 0 bridgehead atoms. The lowest BCUT2D eigenvalue weighted by Crippen LogP contribution is -2.55. The van der Waals surface area contributed by atoms with Crippen molar-refractivity contribution in [1.29, 1.82) is 0 Å². The predicted octanol–water partition coefficient (Wildman–Crippen LogP) is -0.368. The van der Waals surface area contributed by atoms with Crippen LogP contribution in [0.3, 0.4) is 0 Å². The summed E-state index contributed by atoms with van der Waals surface area (Å²) in [7, 11) is 1.63. The fourth-order valence-corrected chi connectivity index (χ4v) is 2.21. The molecular formula is C9H15N3O2. The Hall–Kier alpha value is -1.26. The maximum atomic E-state index is 11.4. The van der Waals surface area contributed by atoms with Crippen LogP contribution in [-0.4, -0.2) is 54.5 Å². The second kappa shape index (κ2) is 3.48. The van der Waals surface area contributed by atoms with Crippen molar-refractivity contribution in [3.63, 3.8) is 0 Å². The lowest BCUT2D eigenvalue weighted by Gasteiger charge is -2.37. The van der Waals surface area contributed by atoms with E-state index in [9.17, 15) is 9.59 Å². The first-order valence-corrected chi connectivity index (χ1v) is 4.98. The molecule has 0 radical (unpaired) electrons. The molecule has 0 aliphatic carbocycles. The first-order valence-electron chi connectivity index (χ1n) is 4.98. The molecule has 3 amide bonds. The van der Waals surface area contributed by atoms with Crippen molar-refractivity contribution >= 4 is 11.9 Å². The van der Waals surface area contributed by atoms with E-state index in [2.05, 4.69) is 5.32 Å². The van der Waals surface area contributed by atoms with Gasteiger partial charge in [0.15, 0.2) is 0 Å². The van der Waals surface area contributed by atoms with E-state index < -0.39 is 0 Å². The summed E-state index contributed by atoms with van der Waals surface area (Å²) in [5, 5.41) is 2.61. The van der Waals surface area contributed by atoms with Gasteiger partial charge >= 0.3 is 6.03 Å². The van der Waals surface area contributed by atoms with Gasteiger partial charge in [-0.2, -0.15) is 0 Å². The normalized spacial score (nSPS) is 26.4. The number of piperazine rings is 1. The van der Waals surface area contributed by atoms with Gasteiger partial charge in [-0.25, -0.2) is 4.79 Å². The Morgan fingerprint density at radius 1 is 1.50 bits per heavy atom. The number of hydrogen-bond acceptors (Lipinski definition) is 2. The molecule has 2 rings (SSSR count). The topological polar surface area (TPSA) is 52.7 Å². The average molecular weight is 197 g/mol. The molecule has 78 valence electrons. The summed E-state index contributed by atoms with van der Waals surface area (Å²) in [5.74, 6) is 0.242. The zero-order chi connectivity index (χ0) is 10.1. The predicted molar refractivity (Wildman–Crippen MR) is 50.8 cm³/mol. The summed E-state index contributed by atoms with van der Waals surface area (Å²) in [5.41, 5.74) is 0. The molecule has 0 aromatic carbocycles. The number of amides is 3. The zero-order valence-electron chi connectivity index (χ0n) is 8.32. The van der Waals surface area contributed by atoms with Crippen molar-refractivity contribution in [1.82, 2.24) is 15.1 Å². The molecule has 5 nitrogen and oxygen atoms in total. The van der Waals surface area contributed by atoms with E-state index in [-0.39, 0.29) is 18.0 Å². The van der Waals surface area contributed by atoms with E-state index in [1.807, 2.05) is 4.90 Å². The molecule has 0 saturated carbocycles. The van der Waals surface area contributed by atoms with E-state index >= 15 is 0 Å². The molecule has 0 spiro atoms. The Morgan fingerprint density at radius 2 is 2.29 bits per heavy atom. The summed E-state index contributed by atoms with van der Waals surface area (Å²) in [6.07, 6.45) is 1.54. The van der Waals surface area contributed by atoms with Gasteiger partial charge in [-0.1, -0.05) is 0 Å². The average Bonchev–Trinajstić information content (AvgIpc) is 2.59. The molecular weight excluding hydrogens is 182 g/mol. The standard InChI is InChI=1S/C9H15N3O2/c1-10-9(14)11-4-5-12-7(6-11)2-3-8(12)13/h7H,2-6H2,1H3,(H,10,14). The fraction of sp³-hybridized carbons (Fsp3) is 0.778. The monoisotopic (exact) mass is 197 g/mol.